The van der Waals surface area contributed by atoms with Gasteiger partial charge in [0, 0.05) is 17.3 Å². The van der Waals surface area contributed by atoms with E-state index < -0.39 is 23.6 Å². The van der Waals surface area contributed by atoms with Gasteiger partial charge in [-0.1, -0.05) is 25.0 Å². The van der Waals surface area contributed by atoms with Crippen LogP contribution in [-0.4, -0.2) is 31.1 Å². The highest BCUT2D eigenvalue weighted by Gasteiger charge is 2.35. The maximum absolute atomic E-state index is 14.0. The molecule has 0 saturated heterocycles. The molecule has 1 aliphatic heterocycles. The second kappa shape index (κ2) is 10.4. The summed E-state index contributed by atoms with van der Waals surface area (Å²) >= 11 is 0. The number of fused-ring (bicyclic) bond motifs is 1. The van der Waals surface area contributed by atoms with Gasteiger partial charge < -0.3 is 14.8 Å². The molecule has 1 saturated carbocycles. The maximum Gasteiger partial charge on any atom is 0.259 e. The van der Waals surface area contributed by atoms with E-state index in [0.717, 1.165) is 25.7 Å². The number of rotatable bonds is 6. The zero-order chi connectivity index (χ0) is 25.1. The molecule has 0 unspecified atom stereocenters. The van der Waals surface area contributed by atoms with Gasteiger partial charge in [-0.3, -0.25) is 14.5 Å². The molecule has 0 spiro atoms. The number of carbonyl (C=O) groups excluding carboxylic acids is 2. The van der Waals surface area contributed by atoms with Crippen molar-refractivity contribution in [1.82, 2.24) is 5.32 Å². The van der Waals surface area contributed by atoms with Crippen molar-refractivity contribution in [2.45, 2.75) is 37.8 Å². The zero-order valence-electron chi connectivity index (χ0n) is 19.6. The molecule has 2 aliphatic rings. The molecule has 36 heavy (non-hydrogen) atoms. The average molecular weight is 493 g/mol. The average Bonchev–Trinajstić information content (AvgIpc) is 3.41. The standard InChI is InChI=1S/C28H26F2N2O4/c29-20-8-5-18(6-9-20)26(27(33)31-22-3-1-2-4-22)32(23-12-10-21(30)11-13-23)28(34)19-7-14-24-25(17-19)36-16-15-35-24/h5-14,17,22,26H,1-4,15-16H2,(H,31,33)/t26-/m0/s1. The molecule has 0 bridgehead atoms. The van der Waals surface area contributed by atoms with Crippen molar-refractivity contribution in [1.29, 1.82) is 0 Å². The molecule has 0 aromatic heterocycles. The van der Waals surface area contributed by atoms with Crippen LogP contribution in [0.5, 0.6) is 11.5 Å². The van der Waals surface area contributed by atoms with E-state index in [1.807, 2.05) is 0 Å². The molecule has 2 amide bonds. The van der Waals surface area contributed by atoms with E-state index in [1.54, 1.807) is 18.2 Å². The molecule has 1 N–H and O–H groups in total. The van der Waals surface area contributed by atoms with Crippen molar-refractivity contribution in [3.8, 4) is 11.5 Å². The Kier molecular flexibility index (Phi) is 6.84. The number of nitrogens with zero attached hydrogens (tertiary/aromatic N) is 1. The Balaban J connectivity index is 1.59. The van der Waals surface area contributed by atoms with E-state index in [-0.39, 0.29) is 17.5 Å². The number of nitrogens with one attached hydrogen (secondary N) is 1. The molecule has 0 radical (unpaired) electrons. The first-order chi connectivity index (χ1) is 17.5. The summed E-state index contributed by atoms with van der Waals surface area (Å²) in [7, 11) is 0. The number of amides is 2. The van der Waals surface area contributed by atoms with E-state index in [4.69, 9.17) is 9.47 Å². The van der Waals surface area contributed by atoms with E-state index in [0.29, 0.717) is 36.0 Å². The van der Waals surface area contributed by atoms with Gasteiger partial charge in [0.05, 0.1) is 0 Å². The van der Waals surface area contributed by atoms with Gasteiger partial charge in [0.25, 0.3) is 5.91 Å². The Morgan fingerprint density at radius 1 is 0.833 bits per heavy atom. The highest BCUT2D eigenvalue weighted by atomic mass is 19.1. The Bertz CT molecular complexity index is 1240. The van der Waals surface area contributed by atoms with Crippen molar-refractivity contribution in [3.63, 3.8) is 0 Å². The normalized spacial score (nSPS) is 15.8. The van der Waals surface area contributed by atoms with Crippen molar-refractivity contribution >= 4 is 17.5 Å². The summed E-state index contributed by atoms with van der Waals surface area (Å²) in [6.07, 6.45) is 3.75. The molecular weight excluding hydrogens is 466 g/mol. The zero-order valence-corrected chi connectivity index (χ0v) is 19.6. The number of hydrogen-bond donors (Lipinski definition) is 1. The fraction of sp³-hybridized carbons (Fsp3) is 0.286. The molecule has 5 rings (SSSR count). The maximum atomic E-state index is 14.0. The summed E-state index contributed by atoms with van der Waals surface area (Å²) in [6.45, 7) is 0.768. The highest BCUT2D eigenvalue weighted by Crippen LogP contribution is 2.35. The quantitative estimate of drug-likeness (QED) is 0.515. The second-order valence-corrected chi connectivity index (χ2v) is 8.95. The fourth-order valence-electron chi connectivity index (χ4n) is 4.71. The molecule has 1 heterocycles. The molecule has 3 aromatic carbocycles. The number of hydrogen-bond acceptors (Lipinski definition) is 4. The molecule has 1 fully saturated rings. The Morgan fingerprint density at radius 3 is 2.11 bits per heavy atom. The number of benzene rings is 3. The Hall–Kier alpha value is -3.94. The first kappa shape index (κ1) is 23.8. The Morgan fingerprint density at radius 2 is 1.44 bits per heavy atom. The summed E-state index contributed by atoms with van der Waals surface area (Å²) < 4.78 is 38.8. The van der Waals surface area contributed by atoms with Gasteiger partial charge in [-0.2, -0.15) is 0 Å². The van der Waals surface area contributed by atoms with Gasteiger partial charge in [0.1, 0.15) is 30.9 Å². The summed E-state index contributed by atoms with van der Waals surface area (Å²) in [5.41, 5.74) is 1.03. The van der Waals surface area contributed by atoms with E-state index >= 15 is 0 Å². The Labute approximate surface area is 207 Å². The number of ether oxygens (including phenoxy) is 2. The van der Waals surface area contributed by atoms with Crippen LogP contribution < -0.4 is 19.7 Å². The van der Waals surface area contributed by atoms with Gasteiger partial charge in [-0.15, -0.1) is 0 Å². The lowest BCUT2D eigenvalue weighted by Gasteiger charge is -2.32. The highest BCUT2D eigenvalue weighted by molar-refractivity contribution is 6.10. The third-order valence-electron chi connectivity index (χ3n) is 6.51. The molecular formula is C28H26F2N2O4. The van der Waals surface area contributed by atoms with Gasteiger partial charge in [-0.25, -0.2) is 8.78 Å². The fourth-order valence-corrected chi connectivity index (χ4v) is 4.71. The predicted octanol–water partition coefficient (Wildman–Crippen LogP) is 5.18. The van der Waals surface area contributed by atoms with Crippen molar-refractivity contribution < 1.29 is 27.8 Å². The minimum absolute atomic E-state index is 0.0000820. The van der Waals surface area contributed by atoms with Crippen LogP contribution in [-0.2, 0) is 4.79 Å². The van der Waals surface area contributed by atoms with Crippen LogP contribution >= 0.6 is 0 Å². The lowest BCUT2D eigenvalue weighted by atomic mass is 10.0. The topological polar surface area (TPSA) is 67.9 Å². The second-order valence-electron chi connectivity index (χ2n) is 8.95. The van der Waals surface area contributed by atoms with Crippen LogP contribution in [0.2, 0.25) is 0 Å². The minimum Gasteiger partial charge on any atom is -0.486 e. The summed E-state index contributed by atoms with van der Waals surface area (Å²) in [5.74, 6) is -0.849. The lowest BCUT2D eigenvalue weighted by molar-refractivity contribution is -0.123. The smallest absolute Gasteiger partial charge is 0.259 e. The summed E-state index contributed by atoms with van der Waals surface area (Å²) in [4.78, 5) is 29.1. The van der Waals surface area contributed by atoms with Crippen LogP contribution in [0.15, 0.2) is 66.7 Å². The van der Waals surface area contributed by atoms with Gasteiger partial charge >= 0.3 is 0 Å². The molecule has 1 aliphatic carbocycles. The monoisotopic (exact) mass is 492 g/mol. The van der Waals surface area contributed by atoms with E-state index in [2.05, 4.69) is 5.32 Å². The van der Waals surface area contributed by atoms with Gasteiger partial charge in [0.2, 0.25) is 5.91 Å². The van der Waals surface area contributed by atoms with Crippen LogP contribution in [0.25, 0.3) is 0 Å². The predicted molar refractivity (Wildman–Crippen MR) is 130 cm³/mol. The van der Waals surface area contributed by atoms with Crippen LogP contribution in [0, 0.1) is 11.6 Å². The first-order valence-electron chi connectivity index (χ1n) is 12.0. The van der Waals surface area contributed by atoms with Crippen LogP contribution in [0.4, 0.5) is 14.5 Å². The summed E-state index contributed by atoms with van der Waals surface area (Å²) in [6, 6.07) is 14.6. The third-order valence-corrected chi connectivity index (χ3v) is 6.51. The molecule has 6 nitrogen and oxygen atoms in total. The van der Waals surface area contributed by atoms with Crippen molar-refractivity contribution in [2.24, 2.45) is 0 Å². The van der Waals surface area contributed by atoms with Crippen LogP contribution in [0.1, 0.15) is 47.6 Å². The van der Waals surface area contributed by atoms with Crippen molar-refractivity contribution in [3.05, 3.63) is 89.5 Å². The van der Waals surface area contributed by atoms with Crippen molar-refractivity contribution in [2.75, 3.05) is 18.1 Å². The molecule has 8 heteroatoms. The molecule has 1 atom stereocenters. The SMILES string of the molecule is O=C(NC1CCCC1)[C@H](c1ccc(F)cc1)N(C(=O)c1ccc2c(c1)OCCO2)c1ccc(F)cc1. The first-order valence-corrected chi connectivity index (χ1v) is 12.0. The lowest BCUT2D eigenvalue weighted by Crippen LogP contribution is -2.46. The van der Waals surface area contributed by atoms with Gasteiger partial charge in [0.15, 0.2) is 11.5 Å². The number of carbonyl (C=O) groups is 2. The number of halogens is 2. The molecule has 3 aromatic rings. The van der Waals surface area contributed by atoms with Crippen LogP contribution in [0.3, 0.4) is 0 Å². The van der Waals surface area contributed by atoms with E-state index in [9.17, 15) is 18.4 Å². The molecule has 186 valence electrons. The third kappa shape index (κ3) is 5.03. The minimum atomic E-state index is -1.11. The number of anilines is 1. The summed E-state index contributed by atoms with van der Waals surface area (Å²) in [5, 5.41) is 3.06. The largest absolute Gasteiger partial charge is 0.486 e. The van der Waals surface area contributed by atoms with E-state index in [1.165, 1.54) is 53.4 Å². The van der Waals surface area contributed by atoms with Gasteiger partial charge in [-0.05, 0) is 73.0 Å².